The van der Waals surface area contributed by atoms with Gasteiger partial charge in [-0.05, 0) is 54.1 Å². The fourth-order valence-electron chi connectivity index (χ4n) is 3.26. The Morgan fingerprint density at radius 3 is 2.51 bits per heavy atom. The number of benzene rings is 1. The number of hydrogen-bond donors (Lipinski definition) is 3. The molecule has 0 aliphatic carbocycles. The van der Waals surface area contributed by atoms with Crippen LogP contribution in [0.15, 0.2) is 65.4 Å². The van der Waals surface area contributed by atoms with Gasteiger partial charge in [0.2, 0.25) is 5.91 Å². The number of halogens is 3. The number of aromatic nitrogens is 2. The quantitative estimate of drug-likeness (QED) is 0.344. The number of nitrogen functional groups attached to an aromatic ring is 1. The number of pyridine rings is 2. The minimum absolute atomic E-state index is 0.0890. The summed E-state index contributed by atoms with van der Waals surface area (Å²) in [4.78, 5) is 31.0. The van der Waals surface area contributed by atoms with Crippen LogP contribution in [0.2, 0.25) is 0 Å². The van der Waals surface area contributed by atoms with Crippen LogP contribution in [0.1, 0.15) is 27.2 Å². The van der Waals surface area contributed by atoms with E-state index in [1.54, 1.807) is 12.1 Å². The number of aromatic carboxylic acids is 1. The van der Waals surface area contributed by atoms with Gasteiger partial charge in [0.25, 0.3) is 0 Å². The van der Waals surface area contributed by atoms with Gasteiger partial charge in [0.1, 0.15) is 17.2 Å². The highest BCUT2D eigenvalue weighted by Crippen LogP contribution is 2.39. The van der Waals surface area contributed by atoms with Gasteiger partial charge in [-0.1, -0.05) is 0 Å². The van der Waals surface area contributed by atoms with Gasteiger partial charge in [-0.2, -0.15) is 13.2 Å². The van der Waals surface area contributed by atoms with Crippen molar-refractivity contribution in [1.29, 1.82) is 0 Å². The molecular formula is C24H17F3N4O4. The predicted octanol–water partition coefficient (Wildman–Crippen LogP) is 4.52. The Bertz CT molecular complexity index is 1430. The van der Waals surface area contributed by atoms with Crippen molar-refractivity contribution in [2.24, 2.45) is 0 Å². The molecule has 178 valence electrons. The smallest absolute Gasteiger partial charge is 0.420 e. The second-order valence-corrected chi connectivity index (χ2v) is 7.46. The second-order valence-electron chi connectivity index (χ2n) is 7.46. The van der Waals surface area contributed by atoms with E-state index in [4.69, 9.17) is 15.3 Å². The molecule has 1 aromatic carbocycles. The van der Waals surface area contributed by atoms with Gasteiger partial charge < -0.3 is 20.6 Å². The molecule has 3 aromatic heterocycles. The number of carbonyl (C=O) groups excluding carboxylic acids is 1. The highest BCUT2D eigenvalue weighted by atomic mass is 19.4. The van der Waals surface area contributed by atoms with Crippen molar-refractivity contribution in [2.45, 2.75) is 12.7 Å². The average Bonchev–Trinajstić information content (AvgIpc) is 3.24. The molecule has 0 radical (unpaired) electrons. The Morgan fingerprint density at radius 2 is 1.89 bits per heavy atom. The van der Waals surface area contributed by atoms with E-state index in [1.165, 1.54) is 42.6 Å². The molecule has 3 heterocycles. The monoisotopic (exact) mass is 482 g/mol. The molecule has 11 heteroatoms. The maximum Gasteiger partial charge on any atom is 0.420 e. The molecule has 0 aliphatic rings. The molecular weight excluding hydrogens is 465 g/mol. The van der Waals surface area contributed by atoms with Crippen LogP contribution in [-0.2, 0) is 17.5 Å². The van der Waals surface area contributed by atoms with E-state index in [9.17, 15) is 22.8 Å². The van der Waals surface area contributed by atoms with Crippen molar-refractivity contribution in [3.63, 3.8) is 0 Å². The molecule has 4 aromatic rings. The summed E-state index contributed by atoms with van der Waals surface area (Å²) in [5, 5.41) is 11.7. The van der Waals surface area contributed by atoms with Crippen LogP contribution in [-0.4, -0.2) is 27.0 Å². The molecule has 0 aliphatic heterocycles. The van der Waals surface area contributed by atoms with Gasteiger partial charge in [-0.25, -0.2) is 9.78 Å². The first-order valence-electron chi connectivity index (χ1n) is 10.1. The van der Waals surface area contributed by atoms with Crippen molar-refractivity contribution >= 4 is 34.7 Å². The number of anilines is 1. The Morgan fingerprint density at radius 1 is 1.09 bits per heavy atom. The number of carbonyl (C=O) groups is 2. The lowest BCUT2D eigenvalue weighted by atomic mass is 10.0. The topological polar surface area (TPSA) is 131 Å². The summed E-state index contributed by atoms with van der Waals surface area (Å²) in [6, 6.07) is 9.58. The number of hydrogen-bond acceptors (Lipinski definition) is 6. The summed E-state index contributed by atoms with van der Waals surface area (Å²) in [5.41, 5.74) is 4.97. The van der Waals surface area contributed by atoms with Gasteiger partial charge in [0.15, 0.2) is 0 Å². The van der Waals surface area contributed by atoms with Gasteiger partial charge in [-0.15, -0.1) is 0 Å². The summed E-state index contributed by atoms with van der Waals surface area (Å²) < 4.78 is 46.6. The Kier molecular flexibility index (Phi) is 6.24. The molecule has 0 saturated carbocycles. The Labute approximate surface area is 195 Å². The van der Waals surface area contributed by atoms with Crippen LogP contribution >= 0.6 is 0 Å². The maximum absolute atomic E-state index is 13.7. The van der Waals surface area contributed by atoms with Crippen LogP contribution in [0.4, 0.5) is 19.0 Å². The highest BCUT2D eigenvalue weighted by Gasteiger charge is 2.35. The summed E-state index contributed by atoms with van der Waals surface area (Å²) in [5.74, 6) is -1.22. The van der Waals surface area contributed by atoms with Crippen molar-refractivity contribution < 1.29 is 32.3 Å². The number of nitrogens with one attached hydrogen (secondary N) is 1. The minimum Gasteiger partial charge on any atom is -0.478 e. The number of nitrogens with two attached hydrogens (primary N) is 1. The molecule has 0 saturated heterocycles. The van der Waals surface area contributed by atoms with Gasteiger partial charge in [0.05, 0.1) is 23.4 Å². The summed E-state index contributed by atoms with van der Waals surface area (Å²) in [6.45, 7) is -0.143. The zero-order valence-corrected chi connectivity index (χ0v) is 17.8. The number of rotatable bonds is 6. The molecule has 0 unspecified atom stereocenters. The van der Waals surface area contributed by atoms with E-state index < -0.39 is 23.6 Å². The largest absolute Gasteiger partial charge is 0.478 e. The number of fused-ring (bicyclic) bond motifs is 1. The van der Waals surface area contributed by atoms with E-state index in [-0.39, 0.29) is 40.1 Å². The lowest BCUT2D eigenvalue weighted by molar-refractivity contribution is -0.136. The third-order valence-corrected chi connectivity index (χ3v) is 4.95. The first-order chi connectivity index (χ1) is 16.6. The number of furan rings is 1. The van der Waals surface area contributed by atoms with Crippen LogP contribution in [0.25, 0.3) is 28.3 Å². The molecule has 0 spiro atoms. The summed E-state index contributed by atoms with van der Waals surface area (Å²) in [6.07, 6.45) is 0.597. The first-order valence-corrected chi connectivity index (χ1v) is 10.1. The molecule has 4 N–H and O–H groups in total. The SMILES string of the molecule is Nc1ccc(/C=C/C(=O)NCc2cc3cc(-c4ccc(C(=O)O)cn4)cc(C(F)(F)F)c3o2)cn1. The normalized spacial score (nSPS) is 11.7. The second kappa shape index (κ2) is 9.29. The number of amides is 1. The zero-order valence-electron chi connectivity index (χ0n) is 17.8. The Hall–Kier alpha value is -4.67. The average molecular weight is 482 g/mol. The molecule has 0 bridgehead atoms. The zero-order chi connectivity index (χ0) is 25.2. The van der Waals surface area contributed by atoms with Crippen molar-refractivity contribution in [1.82, 2.24) is 15.3 Å². The van der Waals surface area contributed by atoms with E-state index in [1.807, 2.05) is 0 Å². The molecule has 4 rings (SSSR count). The van der Waals surface area contributed by atoms with Crippen molar-refractivity contribution in [2.75, 3.05) is 5.73 Å². The number of carboxylic acid groups (broad SMARTS) is 1. The standard InChI is InChI=1S/C24H17F3N4O4/c25-24(26,27)18-9-15(19-4-3-14(11-29-19)23(33)34)7-16-8-17(35-22(16)18)12-31-21(32)6-2-13-1-5-20(28)30-10-13/h1-11H,12H2,(H2,28,30)(H,31,32)(H,33,34)/b6-2+. The van der Waals surface area contributed by atoms with E-state index in [2.05, 4.69) is 15.3 Å². The van der Waals surface area contributed by atoms with Crippen LogP contribution in [0.3, 0.4) is 0 Å². The summed E-state index contributed by atoms with van der Waals surface area (Å²) in [7, 11) is 0. The van der Waals surface area contributed by atoms with E-state index >= 15 is 0 Å². The van der Waals surface area contributed by atoms with E-state index in [0.717, 1.165) is 12.3 Å². The van der Waals surface area contributed by atoms with Gasteiger partial charge >= 0.3 is 12.1 Å². The molecule has 1 amide bonds. The number of nitrogens with zero attached hydrogens (tertiary/aromatic N) is 2. The minimum atomic E-state index is -4.72. The maximum atomic E-state index is 13.7. The van der Waals surface area contributed by atoms with Crippen molar-refractivity contribution in [3.05, 3.63) is 83.4 Å². The van der Waals surface area contributed by atoms with Crippen LogP contribution < -0.4 is 11.1 Å². The first kappa shape index (κ1) is 23.5. The summed E-state index contributed by atoms with van der Waals surface area (Å²) >= 11 is 0. The molecule has 0 fully saturated rings. The third-order valence-electron chi connectivity index (χ3n) is 4.95. The predicted molar refractivity (Wildman–Crippen MR) is 121 cm³/mol. The molecule has 35 heavy (non-hydrogen) atoms. The van der Waals surface area contributed by atoms with Crippen LogP contribution in [0.5, 0.6) is 0 Å². The highest BCUT2D eigenvalue weighted by molar-refractivity contribution is 5.92. The van der Waals surface area contributed by atoms with Gasteiger partial charge in [-0.3, -0.25) is 9.78 Å². The molecule has 8 nitrogen and oxygen atoms in total. The van der Waals surface area contributed by atoms with Crippen LogP contribution in [0, 0.1) is 0 Å². The number of carboxylic acids is 1. The van der Waals surface area contributed by atoms with Crippen molar-refractivity contribution in [3.8, 4) is 11.3 Å². The fourth-order valence-corrected chi connectivity index (χ4v) is 3.26. The van der Waals surface area contributed by atoms with Gasteiger partial charge in [0, 0.05) is 29.4 Å². The fraction of sp³-hybridized carbons (Fsp3) is 0.0833. The molecule has 0 atom stereocenters. The lowest BCUT2D eigenvalue weighted by Gasteiger charge is -2.10. The van der Waals surface area contributed by atoms with E-state index in [0.29, 0.717) is 11.4 Å². The number of alkyl halides is 3. The Balaban J connectivity index is 1.57. The third kappa shape index (κ3) is 5.46. The lowest BCUT2D eigenvalue weighted by Crippen LogP contribution is -2.19.